The lowest BCUT2D eigenvalue weighted by molar-refractivity contribution is 0.102. The van der Waals surface area contributed by atoms with Gasteiger partial charge in [-0.15, -0.1) is 0 Å². The Hall–Kier alpha value is -0.740. The molecule has 19 heavy (non-hydrogen) atoms. The van der Waals surface area contributed by atoms with Gasteiger partial charge in [0.1, 0.15) is 0 Å². The van der Waals surface area contributed by atoms with Gasteiger partial charge in [0.05, 0.1) is 16.3 Å². The summed E-state index contributed by atoms with van der Waals surface area (Å²) in [5, 5.41) is 4.10. The minimum Gasteiger partial charge on any atom is -0.321 e. The molecule has 1 amide bonds. The molecule has 0 radical (unpaired) electrons. The molecule has 0 fully saturated rings. The Kier molecular flexibility index (Phi) is 4.74. The maximum atomic E-state index is 12.1. The van der Waals surface area contributed by atoms with E-state index in [0.717, 1.165) is 0 Å². The van der Waals surface area contributed by atoms with Crippen molar-refractivity contribution in [1.82, 2.24) is 0 Å². The lowest BCUT2D eigenvalue weighted by Crippen LogP contribution is -2.12. The van der Waals surface area contributed by atoms with E-state index in [0.29, 0.717) is 30.8 Å². The smallest absolute Gasteiger partial charge is 0.257 e. The molecule has 2 aromatic carbocycles. The summed E-state index contributed by atoms with van der Waals surface area (Å²) < 4.78 is 0.693. The van der Waals surface area contributed by atoms with Crippen molar-refractivity contribution in [3.05, 3.63) is 61.5 Å². The fraction of sp³-hybridized carbons (Fsp3) is 0. The van der Waals surface area contributed by atoms with Crippen LogP contribution in [-0.2, 0) is 0 Å². The maximum Gasteiger partial charge on any atom is 0.257 e. The molecule has 0 heterocycles. The topological polar surface area (TPSA) is 29.1 Å². The highest BCUT2D eigenvalue weighted by atomic mass is 79.9. The SMILES string of the molecule is O=C(Nc1ccc(Cl)cc1Br)c1ccc(Cl)cc1Cl. The van der Waals surface area contributed by atoms with Gasteiger partial charge < -0.3 is 5.32 Å². The van der Waals surface area contributed by atoms with Crippen molar-refractivity contribution in [3.8, 4) is 0 Å². The van der Waals surface area contributed by atoms with Gasteiger partial charge in [0.25, 0.3) is 5.91 Å². The summed E-state index contributed by atoms with van der Waals surface area (Å²) in [6, 6.07) is 9.79. The first-order valence-corrected chi connectivity index (χ1v) is 7.11. The van der Waals surface area contributed by atoms with E-state index in [9.17, 15) is 4.79 Å². The van der Waals surface area contributed by atoms with Crippen LogP contribution >= 0.6 is 50.7 Å². The second-order valence-electron chi connectivity index (χ2n) is 3.70. The Labute approximate surface area is 133 Å². The normalized spacial score (nSPS) is 10.3. The highest BCUT2D eigenvalue weighted by Crippen LogP contribution is 2.27. The molecule has 0 atom stereocenters. The monoisotopic (exact) mass is 377 g/mol. The molecule has 0 unspecified atom stereocenters. The van der Waals surface area contributed by atoms with Gasteiger partial charge >= 0.3 is 0 Å². The van der Waals surface area contributed by atoms with Gasteiger partial charge in [0.15, 0.2) is 0 Å². The van der Waals surface area contributed by atoms with Crippen LogP contribution in [0.3, 0.4) is 0 Å². The third-order valence-electron chi connectivity index (χ3n) is 2.36. The zero-order valence-electron chi connectivity index (χ0n) is 9.38. The van der Waals surface area contributed by atoms with Crippen molar-refractivity contribution in [2.45, 2.75) is 0 Å². The number of hydrogen-bond donors (Lipinski definition) is 1. The third kappa shape index (κ3) is 3.63. The van der Waals surface area contributed by atoms with E-state index in [1.807, 2.05) is 0 Å². The largest absolute Gasteiger partial charge is 0.321 e. The highest BCUT2D eigenvalue weighted by molar-refractivity contribution is 9.10. The van der Waals surface area contributed by atoms with Crippen LogP contribution in [0.25, 0.3) is 0 Å². The first kappa shape index (κ1) is 14.7. The van der Waals surface area contributed by atoms with E-state index in [1.54, 1.807) is 30.3 Å². The van der Waals surface area contributed by atoms with Crippen molar-refractivity contribution in [1.29, 1.82) is 0 Å². The van der Waals surface area contributed by atoms with Crippen LogP contribution in [-0.4, -0.2) is 5.91 Å². The lowest BCUT2D eigenvalue weighted by atomic mass is 10.2. The van der Waals surface area contributed by atoms with Gasteiger partial charge in [-0.25, -0.2) is 0 Å². The fourth-order valence-corrected chi connectivity index (χ4v) is 2.73. The van der Waals surface area contributed by atoms with Crippen molar-refractivity contribution in [2.75, 3.05) is 5.32 Å². The number of rotatable bonds is 2. The second-order valence-corrected chi connectivity index (χ2v) is 5.84. The molecule has 2 aromatic rings. The summed E-state index contributed by atoms with van der Waals surface area (Å²) in [5.74, 6) is -0.315. The van der Waals surface area contributed by atoms with E-state index in [1.165, 1.54) is 6.07 Å². The predicted octanol–water partition coefficient (Wildman–Crippen LogP) is 5.66. The summed E-state index contributed by atoms with van der Waals surface area (Å²) in [6.07, 6.45) is 0. The number of nitrogens with one attached hydrogen (secondary N) is 1. The summed E-state index contributed by atoms with van der Waals surface area (Å²) in [7, 11) is 0. The standard InChI is InChI=1S/C13H7BrCl3NO/c14-10-5-7(15)2-4-12(10)18-13(19)9-3-1-8(16)6-11(9)17/h1-6H,(H,18,19). The molecular weight excluding hydrogens is 372 g/mol. The molecule has 0 spiro atoms. The van der Waals surface area contributed by atoms with E-state index < -0.39 is 0 Å². The van der Waals surface area contributed by atoms with Crippen LogP contribution in [0, 0.1) is 0 Å². The second kappa shape index (κ2) is 6.14. The van der Waals surface area contributed by atoms with E-state index in [-0.39, 0.29) is 5.91 Å². The quantitative estimate of drug-likeness (QED) is 0.716. The molecule has 2 rings (SSSR count). The van der Waals surface area contributed by atoms with Crippen LogP contribution < -0.4 is 5.32 Å². The first-order chi connectivity index (χ1) is 8.97. The molecule has 0 aliphatic carbocycles. The number of carbonyl (C=O) groups excluding carboxylic acids is 1. The highest BCUT2D eigenvalue weighted by Gasteiger charge is 2.12. The molecule has 2 nitrogen and oxygen atoms in total. The lowest BCUT2D eigenvalue weighted by Gasteiger charge is -2.09. The fourth-order valence-electron chi connectivity index (χ4n) is 1.45. The average Bonchev–Trinajstić information content (AvgIpc) is 2.32. The molecular formula is C13H7BrCl3NO. The van der Waals surface area contributed by atoms with Crippen LogP contribution in [0.5, 0.6) is 0 Å². The van der Waals surface area contributed by atoms with E-state index in [4.69, 9.17) is 34.8 Å². The number of amides is 1. The van der Waals surface area contributed by atoms with Crippen LogP contribution in [0.15, 0.2) is 40.9 Å². The third-order valence-corrected chi connectivity index (χ3v) is 3.79. The molecule has 0 aromatic heterocycles. The average molecular weight is 379 g/mol. The van der Waals surface area contributed by atoms with Crippen molar-refractivity contribution >= 4 is 62.3 Å². The van der Waals surface area contributed by atoms with Gasteiger partial charge in [-0.3, -0.25) is 4.79 Å². The van der Waals surface area contributed by atoms with Crippen LogP contribution in [0.1, 0.15) is 10.4 Å². The first-order valence-electron chi connectivity index (χ1n) is 5.19. The molecule has 6 heteroatoms. The van der Waals surface area contributed by atoms with Gasteiger partial charge in [0.2, 0.25) is 0 Å². The number of halogens is 4. The summed E-state index contributed by atoms with van der Waals surface area (Å²) in [6.45, 7) is 0. The van der Waals surface area contributed by atoms with Crippen LogP contribution in [0.2, 0.25) is 15.1 Å². The molecule has 0 bridgehead atoms. The summed E-state index contributed by atoms with van der Waals surface area (Å²) in [5.41, 5.74) is 0.966. The van der Waals surface area contributed by atoms with Gasteiger partial charge in [0, 0.05) is 14.5 Å². The molecule has 0 saturated heterocycles. The van der Waals surface area contributed by atoms with Gasteiger partial charge in [-0.2, -0.15) is 0 Å². The molecule has 98 valence electrons. The number of anilines is 1. The summed E-state index contributed by atoms with van der Waals surface area (Å²) >= 11 is 20.9. The molecule has 0 aliphatic heterocycles. The number of carbonyl (C=O) groups is 1. The Balaban J connectivity index is 2.25. The minimum atomic E-state index is -0.315. The van der Waals surface area contributed by atoms with E-state index in [2.05, 4.69) is 21.2 Å². The predicted molar refractivity (Wildman–Crippen MR) is 83.6 cm³/mol. The Morgan fingerprint density at radius 1 is 1.00 bits per heavy atom. The molecule has 0 aliphatic rings. The van der Waals surface area contributed by atoms with Gasteiger partial charge in [-0.05, 0) is 52.3 Å². The van der Waals surface area contributed by atoms with Crippen molar-refractivity contribution in [3.63, 3.8) is 0 Å². The van der Waals surface area contributed by atoms with Crippen molar-refractivity contribution in [2.24, 2.45) is 0 Å². The summed E-state index contributed by atoms with van der Waals surface area (Å²) in [4.78, 5) is 12.1. The van der Waals surface area contributed by atoms with Crippen molar-refractivity contribution < 1.29 is 4.79 Å². The van der Waals surface area contributed by atoms with E-state index >= 15 is 0 Å². The zero-order chi connectivity index (χ0) is 14.0. The zero-order valence-corrected chi connectivity index (χ0v) is 13.2. The minimum absolute atomic E-state index is 0.301. The van der Waals surface area contributed by atoms with Gasteiger partial charge in [-0.1, -0.05) is 34.8 Å². The number of benzene rings is 2. The Bertz CT molecular complexity index is 646. The van der Waals surface area contributed by atoms with Crippen LogP contribution in [0.4, 0.5) is 5.69 Å². The Morgan fingerprint density at radius 3 is 2.26 bits per heavy atom. The molecule has 1 N–H and O–H groups in total. The number of hydrogen-bond acceptors (Lipinski definition) is 1. The Morgan fingerprint density at radius 2 is 1.63 bits per heavy atom. The maximum absolute atomic E-state index is 12.1. The molecule has 0 saturated carbocycles.